The van der Waals surface area contributed by atoms with Crippen molar-refractivity contribution in [1.82, 2.24) is 4.90 Å². The third-order valence-corrected chi connectivity index (χ3v) is 4.65. The largest absolute Gasteiger partial charge is 0.327 e. The minimum absolute atomic E-state index is 0.373. The lowest BCUT2D eigenvalue weighted by molar-refractivity contribution is 0.232. The average molecular weight is 226 g/mol. The maximum atomic E-state index is 6.10. The number of hydrogen-bond acceptors (Lipinski definition) is 2. The van der Waals surface area contributed by atoms with Crippen LogP contribution in [0.2, 0.25) is 0 Å². The molecule has 0 saturated carbocycles. The summed E-state index contributed by atoms with van der Waals surface area (Å²) >= 11 is 0. The second kappa shape index (κ2) is 6.02. The topological polar surface area (TPSA) is 29.3 Å². The first-order chi connectivity index (χ1) is 7.53. The molecule has 1 atom stereocenters. The maximum Gasteiger partial charge on any atom is 0.00740 e. The fourth-order valence-corrected chi connectivity index (χ4v) is 2.71. The Labute approximate surface area is 102 Å². The molecule has 2 N–H and O–H groups in total. The van der Waals surface area contributed by atoms with Gasteiger partial charge in [0.25, 0.3) is 0 Å². The molecular weight excluding hydrogens is 196 g/mol. The number of nitrogens with two attached hydrogens (primary N) is 1. The van der Waals surface area contributed by atoms with E-state index in [0.29, 0.717) is 17.4 Å². The highest BCUT2D eigenvalue weighted by Gasteiger charge is 2.34. The summed E-state index contributed by atoms with van der Waals surface area (Å²) in [5.74, 6) is 0.615. The molecule has 0 aromatic heterocycles. The zero-order valence-electron chi connectivity index (χ0n) is 11.6. The van der Waals surface area contributed by atoms with E-state index in [9.17, 15) is 0 Å². The van der Waals surface area contributed by atoms with Crippen molar-refractivity contribution >= 4 is 0 Å². The second-order valence-corrected chi connectivity index (χ2v) is 5.93. The Kier molecular flexibility index (Phi) is 5.26. The third kappa shape index (κ3) is 3.46. The predicted molar refractivity (Wildman–Crippen MR) is 71.5 cm³/mol. The van der Waals surface area contributed by atoms with E-state index < -0.39 is 0 Å². The van der Waals surface area contributed by atoms with Crippen LogP contribution in [0.3, 0.4) is 0 Å². The summed E-state index contributed by atoms with van der Waals surface area (Å²) in [7, 11) is 0. The van der Waals surface area contributed by atoms with Crippen molar-refractivity contribution < 1.29 is 0 Å². The van der Waals surface area contributed by atoms with Gasteiger partial charge in [-0.25, -0.2) is 0 Å². The van der Waals surface area contributed by atoms with Gasteiger partial charge in [-0.05, 0) is 50.1 Å². The van der Waals surface area contributed by atoms with E-state index in [1.165, 1.54) is 38.9 Å². The Morgan fingerprint density at radius 1 is 1.25 bits per heavy atom. The van der Waals surface area contributed by atoms with E-state index in [0.717, 1.165) is 6.42 Å². The van der Waals surface area contributed by atoms with E-state index in [1.54, 1.807) is 0 Å². The molecule has 0 amide bonds. The quantitative estimate of drug-likeness (QED) is 0.754. The summed E-state index contributed by atoms with van der Waals surface area (Å²) in [5.41, 5.74) is 6.71. The summed E-state index contributed by atoms with van der Waals surface area (Å²) in [6.07, 6.45) is 5.20. The lowest BCUT2D eigenvalue weighted by Gasteiger charge is -2.27. The number of hydrogen-bond donors (Lipinski definition) is 1. The monoisotopic (exact) mass is 226 g/mol. The Morgan fingerprint density at radius 2 is 1.88 bits per heavy atom. The molecule has 1 heterocycles. The van der Waals surface area contributed by atoms with Gasteiger partial charge in [0.05, 0.1) is 0 Å². The zero-order chi connectivity index (χ0) is 12.2. The van der Waals surface area contributed by atoms with Gasteiger partial charge in [-0.2, -0.15) is 0 Å². The van der Waals surface area contributed by atoms with Crippen molar-refractivity contribution in [2.24, 2.45) is 17.1 Å². The van der Waals surface area contributed by atoms with Crippen molar-refractivity contribution in [3.05, 3.63) is 0 Å². The maximum absolute atomic E-state index is 6.10. The summed E-state index contributed by atoms with van der Waals surface area (Å²) in [6.45, 7) is 12.9. The molecule has 16 heavy (non-hydrogen) atoms. The Hall–Kier alpha value is -0.0800. The number of likely N-dealkylation sites (tertiary alicyclic amines) is 1. The van der Waals surface area contributed by atoms with Crippen LogP contribution in [0.15, 0.2) is 0 Å². The standard InChI is InChI=1S/C14H30N2/c1-5-14(6-2)8-10-16(11-14)9-7-13(15)12(3)4/h12-13H,5-11,15H2,1-4H3. The van der Waals surface area contributed by atoms with Gasteiger partial charge in [0, 0.05) is 12.6 Å². The summed E-state index contributed by atoms with van der Waals surface area (Å²) in [5, 5.41) is 0. The molecule has 0 aliphatic carbocycles. The van der Waals surface area contributed by atoms with E-state index >= 15 is 0 Å². The number of rotatable bonds is 6. The van der Waals surface area contributed by atoms with Gasteiger partial charge in [-0.3, -0.25) is 0 Å². The molecule has 1 rings (SSSR count). The first kappa shape index (κ1) is 14.0. The van der Waals surface area contributed by atoms with Gasteiger partial charge in [-0.1, -0.05) is 27.7 Å². The SMILES string of the molecule is CCC1(CC)CCN(CCC(N)C(C)C)C1. The fourth-order valence-electron chi connectivity index (χ4n) is 2.71. The third-order valence-electron chi connectivity index (χ3n) is 4.65. The molecule has 1 aliphatic heterocycles. The van der Waals surface area contributed by atoms with Crippen LogP contribution in [-0.2, 0) is 0 Å². The highest BCUT2D eigenvalue weighted by molar-refractivity contribution is 4.88. The molecule has 2 heteroatoms. The van der Waals surface area contributed by atoms with Crippen LogP contribution in [-0.4, -0.2) is 30.6 Å². The molecular formula is C14H30N2. The first-order valence-corrected chi connectivity index (χ1v) is 7.01. The summed E-state index contributed by atoms with van der Waals surface area (Å²) in [6, 6.07) is 0.373. The van der Waals surface area contributed by atoms with Gasteiger partial charge in [0.1, 0.15) is 0 Å². The van der Waals surface area contributed by atoms with Crippen molar-refractivity contribution in [2.45, 2.75) is 59.4 Å². The minimum Gasteiger partial charge on any atom is -0.327 e. The Morgan fingerprint density at radius 3 is 2.31 bits per heavy atom. The molecule has 0 spiro atoms. The smallest absolute Gasteiger partial charge is 0.00740 e. The summed E-state index contributed by atoms with van der Waals surface area (Å²) < 4.78 is 0. The lowest BCUT2D eigenvalue weighted by atomic mass is 9.82. The van der Waals surface area contributed by atoms with Crippen molar-refractivity contribution in [1.29, 1.82) is 0 Å². The molecule has 0 bridgehead atoms. The van der Waals surface area contributed by atoms with E-state index in [4.69, 9.17) is 5.73 Å². The zero-order valence-corrected chi connectivity index (χ0v) is 11.6. The van der Waals surface area contributed by atoms with Gasteiger partial charge >= 0.3 is 0 Å². The minimum atomic E-state index is 0.373. The molecule has 1 saturated heterocycles. The van der Waals surface area contributed by atoms with Crippen molar-refractivity contribution in [3.8, 4) is 0 Å². The lowest BCUT2D eigenvalue weighted by Crippen LogP contribution is -2.33. The predicted octanol–water partition coefficient (Wildman–Crippen LogP) is 2.87. The molecule has 0 aromatic rings. The molecule has 1 unspecified atom stereocenters. The van der Waals surface area contributed by atoms with Gasteiger partial charge in [-0.15, -0.1) is 0 Å². The molecule has 0 radical (unpaired) electrons. The van der Waals surface area contributed by atoms with E-state index in [1.807, 2.05) is 0 Å². The Balaban J connectivity index is 2.31. The normalized spacial score (nSPS) is 22.9. The molecule has 0 aromatic carbocycles. The summed E-state index contributed by atoms with van der Waals surface area (Å²) in [4.78, 5) is 2.62. The van der Waals surface area contributed by atoms with Crippen LogP contribution >= 0.6 is 0 Å². The fraction of sp³-hybridized carbons (Fsp3) is 1.00. The number of nitrogens with zero attached hydrogens (tertiary/aromatic N) is 1. The molecule has 1 aliphatic rings. The van der Waals surface area contributed by atoms with Gasteiger partial charge < -0.3 is 10.6 Å². The van der Waals surface area contributed by atoms with Crippen LogP contribution in [0.1, 0.15) is 53.4 Å². The van der Waals surface area contributed by atoms with Crippen LogP contribution in [0.4, 0.5) is 0 Å². The first-order valence-electron chi connectivity index (χ1n) is 7.01. The van der Waals surface area contributed by atoms with Crippen LogP contribution in [0.5, 0.6) is 0 Å². The van der Waals surface area contributed by atoms with E-state index in [-0.39, 0.29) is 0 Å². The van der Waals surface area contributed by atoms with Crippen LogP contribution in [0.25, 0.3) is 0 Å². The molecule has 1 fully saturated rings. The molecule has 96 valence electrons. The molecule has 2 nitrogen and oxygen atoms in total. The van der Waals surface area contributed by atoms with Crippen LogP contribution in [0, 0.1) is 11.3 Å². The average Bonchev–Trinajstić information content (AvgIpc) is 2.70. The highest BCUT2D eigenvalue weighted by Crippen LogP contribution is 2.36. The van der Waals surface area contributed by atoms with Crippen molar-refractivity contribution in [2.75, 3.05) is 19.6 Å². The van der Waals surface area contributed by atoms with E-state index in [2.05, 4.69) is 32.6 Å². The van der Waals surface area contributed by atoms with Crippen LogP contribution < -0.4 is 5.73 Å². The second-order valence-electron chi connectivity index (χ2n) is 5.93. The van der Waals surface area contributed by atoms with Gasteiger partial charge in [0.15, 0.2) is 0 Å². The van der Waals surface area contributed by atoms with Gasteiger partial charge in [0.2, 0.25) is 0 Å². The Bertz CT molecular complexity index is 197. The highest BCUT2D eigenvalue weighted by atomic mass is 15.2. The van der Waals surface area contributed by atoms with Crippen molar-refractivity contribution in [3.63, 3.8) is 0 Å².